The maximum Gasteiger partial charge on any atom is 0.0866 e. The molecule has 3 fully saturated rings. The van der Waals surface area contributed by atoms with E-state index in [9.17, 15) is 0 Å². The van der Waals surface area contributed by atoms with Gasteiger partial charge in [0.2, 0.25) is 0 Å². The lowest BCUT2D eigenvalue weighted by atomic mass is 9.80. The minimum absolute atomic E-state index is 0.143. The topological polar surface area (TPSA) is 21.3 Å². The summed E-state index contributed by atoms with van der Waals surface area (Å²) in [5.41, 5.74) is 0.602. The van der Waals surface area contributed by atoms with E-state index in [0.29, 0.717) is 17.4 Å². The van der Waals surface area contributed by atoms with Crippen LogP contribution in [-0.4, -0.2) is 24.8 Å². The van der Waals surface area contributed by atoms with Crippen molar-refractivity contribution in [1.82, 2.24) is 5.32 Å². The molecule has 1 saturated heterocycles. The largest absolute Gasteiger partial charge is 0.372 e. The Bertz CT molecular complexity index is 297. The van der Waals surface area contributed by atoms with Crippen molar-refractivity contribution in [3.05, 3.63) is 0 Å². The van der Waals surface area contributed by atoms with Crippen LogP contribution < -0.4 is 5.32 Å². The van der Waals surface area contributed by atoms with Crippen molar-refractivity contribution in [1.29, 1.82) is 0 Å². The second-order valence-electron chi connectivity index (χ2n) is 7.44. The highest BCUT2D eigenvalue weighted by molar-refractivity contribution is 5.08. The van der Waals surface area contributed by atoms with Crippen LogP contribution in [0.4, 0.5) is 0 Å². The van der Waals surface area contributed by atoms with E-state index >= 15 is 0 Å². The number of hydrogen-bond acceptors (Lipinski definition) is 2. The van der Waals surface area contributed by atoms with E-state index in [1.54, 1.807) is 0 Å². The lowest BCUT2D eigenvalue weighted by Gasteiger charge is -2.46. The van der Waals surface area contributed by atoms with Gasteiger partial charge in [-0.15, -0.1) is 0 Å². The molecule has 0 bridgehead atoms. The van der Waals surface area contributed by atoms with Crippen LogP contribution in [0.5, 0.6) is 0 Å². The van der Waals surface area contributed by atoms with Gasteiger partial charge in [-0.2, -0.15) is 0 Å². The third-order valence-electron chi connectivity index (χ3n) is 5.17. The minimum Gasteiger partial charge on any atom is -0.372 e. The van der Waals surface area contributed by atoms with E-state index < -0.39 is 0 Å². The molecule has 1 aliphatic heterocycles. The molecule has 0 amide bonds. The van der Waals surface area contributed by atoms with E-state index in [4.69, 9.17) is 4.74 Å². The lowest BCUT2D eigenvalue weighted by molar-refractivity contribution is -0.122. The second-order valence-corrected chi connectivity index (χ2v) is 7.44. The minimum atomic E-state index is 0.143. The summed E-state index contributed by atoms with van der Waals surface area (Å²) in [6.45, 7) is 9.17. The summed E-state index contributed by atoms with van der Waals surface area (Å²) in [5, 5.41) is 3.77. The van der Waals surface area contributed by atoms with E-state index in [2.05, 4.69) is 26.1 Å². The molecule has 2 aliphatic carbocycles. The molecule has 1 spiro atoms. The summed E-state index contributed by atoms with van der Waals surface area (Å²) >= 11 is 0. The van der Waals surface area contributed by atoms with Gasteiger partial charge < -0.3 is 10.1 Å². The monoisotopic (exact) mass is 237 g/mol. The molecule has 2 heteroatoms. The molecule has 2 nitrogen and oxygen atoms in total. The quantitative estimate of drug-likeness (QED) is 0.797. The standard InChI is InChI=1S/C15H27NO/c1-11-9-14(2,3)10-15(11)13(8-12-4-5-12)16-6-7-17-15/h11-13,16H,4-10H2,1-3H3. The van der Waals surface area contributed by atoms with Gasteiger partial charge in [0.05, 0.1) is 12.2 Å². The highest BCUT2D eigenvalue weighted by Gasteiger charge is 2.55. The first-order chi connectivity index (χ1) is 8.02. The van der Waals surface area contributed by atoms with E-state index in [-0.39, 0.29) is 5.60 Å². The molecule has 0 aromatic heterocycles. The molecule has 0 aromatic carbocycles. The highest BCUT2D eigenvalue weighted by atomic mass is 16.5. The van der Waals surface area contributed by atoms with Crippen LogP contribution in [0.25, 0.3) is 0 Å². The van der Waals surface area contributed by atoms with Crippen LogP contribution in [0.2, 0.25) is 0 Å². The maximum atomic E-state index is 6.35. The molecule has 3 aliphatic rings. The van der Waals surface area contributed by atoms with Crippen LogP contribution in [0.15, 0.2) is 0 Å². The van der Waals surface area contributed by atoms with Gasteiger partial charge in [0.15, 0.2) is 0 Å². The van der Waals surface area contributed by atoms with Gasteiger partial charge in [-0.25, -0.2) is 0 Å². The number of ether oxygens (including phenoxy) is 1. The first-order valence-corrected chi connectivity index (χ1v) is 7.39. The molecule has 2 saturated carbocycles. The van der Waals surface area contributed by atoms with Crippen molar-refractivity contribution in [2.24, 2.45) is 17.3 Å². The normalized spacial score (nSPS) is 45.4. The SMILES string of the molecule is CC1CC(C)(C)CC12OCCNC2CC1CC1. The molecule has 17 heavy (non-hydrogen) atoms. The molecule has 98 valence electrons. The Hall–Kier alpha value is -0.0800. The summed E-state index contributed by atoms with van der Waals surface area (Å²) in [4.78, 5) is 0. The fraction of sp³-hybridized carbons (Fsp3) is 1.00. The number of nitrogens with one attached hydrogen (secondary N) is 1. The average Bonchev–Trinajstić information content (AvgIpc) is 2.99. The van der Waals surface area contributed by atoms with Crippen molar-refractivity contribution < 1.29 is 4.74 Å². The third kappa shape index (κ3) is 2.15. The average molecular weight is 237 g/mol. The number of hydrogen-bond donors (Lipinski definition) is 1. The zero-order valence-electron chi connectivity index (χ0n) is 11.6. The molecule has 3 rings (SSSR count). The van der Waals surface area contributed by atoms with Gasteiger partial charge in [-0.05, 0) is 36.5 Å². The first-order valence-electron chi connectivity index (χ1n) is 7.39. The van der Waals surface area contributed by atoms with Crippen LogP contribution in [0, 0.1) is 17.3 Å². The van der Waals surface area contributed by atoms with Crippen LogP contribution in [0.3, 0.4) is 0 Å². The Balaban J connectivity index is 1.80. The number of morpholine rings is 1. The fourth-order valence-corrected chi connectivity index (χ4v) is 4.37. The second kappa shape index (κ2) is 3.96. The summed E-state index contributed by atoms with van der Waals surface area (Å²) < 4.78 is 6.35. The van der Waals surface area contributed by atoms with Crippen LogP contribution in [-0.2, 0) is 4.74 Å². The van der Waals surface area contributed by atoms with E-state index in [1.165, 1.54) is 32.1 Å². The predicted molar refractivity (Wildman–Crippen MR) is 70.0 cm³/mol. The molecular formula is C15H27NO. The van der Waals surface area contributed by atoms with Crippen molar-refractivity contribution in [3.8, 4) is 0 Å². The van der Waals surface area contributed by atoms with Crippen LogP contribution in [0.1, 0.15) is 52.9 Å². The Morgan fingerprint density at radius 1 is 1.29 bits per heavy atom. The smallest absolute Gasteiger partial charge is 0.0866 e. The molecule has 0 aromatic rings. The van der Waals surface area contributed by atoms with Gasteiger partial charge in [0, 0.05) is 12.6 Å². The van der Waals surface area contributed by atoms with Gasteiger partial charge in [-0.1, -0.05) is 33.6 Å². The molecule has 3 unspecified atom stereocenters. The zero-order chi connectivity index (χ0) is 12.1. The Morgan fingerprint density at radius 2 is 2.06 bits per heavy atom. The molecule has 3 atom stereocenters. The summed E-state index contributed by atoms with van der Waals surface area (Å²) in [6.07, 6.45) is 6.81. The molecule has 1 heterocycles. The Morgan fingerprint density at radius 3 is 2.65 bits per heavy atom. The summed E-state index contributed by atoms with van der Waals surface area (Å²) in [5.74, 6) is 1.69. The van der Waals surface area contributed by atoms with Gasteiger partial charge in [-0.3, -0.25) is 0 Å². The van der Waals surface area contributed by atoms with Crippen molar-refractivity contribution in [2.75, 3.05) is 13.2 Å². The van der Waals surface area contributed by atoms with Gasteiger partial charge >= 0.3 is 0 Å². The fourth-order valence-electron chi connectivity index (χ4n) is 4.37. The maximum absolute atomic E-state index is 6.35. The Kier molecular flexibility index (Phi) is 2.79. The third-order valence-corrected chi connectivity index (χ3v) is 5.17. The van der Waals surface area contributed by atoms with Crippen molar-refractivity contribution in [3.63, 3.8) is 0 Å². The van der Waals surface area contributed by atoms with Crippen LogP contribution >= 0.6 is 0 Å². The predicted octanol–water partition coefficient (Wildman–Crippen LogP) is 2.97. The van der Waals surface area contributed by atoms with E-state index in [0.717, 1.165) is 19.1 Å². The summed E-state index contributed by atoms with van der Waals surface area (Å²) in [6, 6.07) is 0.612. The highest BCUT2D eigenvalue weighted by Crippen LogP contribution is 2.53. The molecule has 1 N–H and O–H groups in total. The van der Waals surface area contributed by atoms with E-state index in [1.807, 2.05) is 0 Å². The molecular weight excluding hydrogens is 210 g/mol. The van der Waals surface area contributed by atoms with Crippen molar-refractivity contribution in [2.45, 2.75) is 64.5 Å². The van der Waals surface area contributed by atoms with Gasteiger partial charge in [0.1, 0.15) is 0 Å². The Labute approximate surface area is 105 Å². The summed E-state index contributed by atoms with van der Waals surface area (Å²) in [7, 11) is 0. The molecule has 0 radical (unpaired) electrons. The van der Waals surface area contributed by atoms with Crippen molar-refractivity contribution >= 4 is 0 Å². The van der Waals surface area contributed by atoms with Gasteiger partial charge in [0.25, 0.3) is 0 Å². The number of rotatable bonds is 2. The first kappa shape index (κ1) is 12.0. The zero-order valence-corrected chi connectivity index (χ0v) is 11.6. The lowest BCUT2D eigenvalue weighted by Crippen LogP contribution is -2.59.